The molecule has 0 N–H and O–H groups in total. The molecular weight excluding hydrogens is 390 g/mol. The van der Waals surface area contributed by atoms with Gasteiger partial charge >= 0.3 is 0 Å². The summed E-state index contributed by atoms with van der Waals surface area (Å²) in [5.41, 5.74) is 5.82. The van der Waals surface area contributed by atoms with Crippen LogP contribution in [0.15, 0.2) is 60.1 Å². The first-order valence-electron chi connectivity index (χ1n) is 9.97. The number of hydrogen-bond acceptors (Lipinski definition) is 6. The molecular formula is C23H21N7O. The summed E-state index contributed by atoms with van der Waals surface area (Å²) in [7, 11) is 0. The Labute approximate surface area is 178 Å². The molecule has 8 heteroatoms. The molecule has 0 bridgehead atoms. The predicted molar refractivity (Wildman–Crippen MR) is 118 cm³/mol. The molecule has 0 atom stereocenters. The minimum Gasteiger partial charge on any atom is -0.387 e. The van der Waals surface area contributed by atoms with Crippen molar-refractivity contribution in [2.75, 3.05) is 0 Å². The van der Waals surface area contributed by atoms with Crippen LogP contribution in [0.25, 0.3) is 22.5 Å². The van der Waals surface area contributed by atoms with Crippen LogP contribution in [0.4, 0.5) is 0 Å². The van der Waals surface area contributed by atoms with Gasteiger partial charge in [0.15, 0.2) is 23.7 Å². The molecule has 1 aromatic carbocycles. The summed E-state index contributed by atoms with van der Waals surface area (Å²) in [6.07, 6.45) is 5.15. The molecule has 4 heterocycles. The van der Waals surface area contributed by atoms with Crippen LogP contribution in [0, 0.1) is 20.8 Å². The predicted octanol–water partition coefficient (Wildman–Crippen LogP) is 3.94. The van der Waals surface area contributed by atoms with Crippen LogP contribution in [-0.4, -0.2) is 35.3 Å². The number of benzene rings is 1. The molecule has 0 fully saturated rings. The van der Waals surface area contributed by atoms with Gasteiger partial charge in [-0.3, -0.25) is 4.57 Å². The highest BCUT2D eigenvalue weighted by Crippen LogP contribution is 2.29. The molecule has 0 spiro atoms. The molecule has 0 aliphatic heterocycles. The Bertz CT molecular complexity index is 1420. The van der Waals surface area contributed by atoms with Crippen molar-refractivity contribution in [3.8, 4) is 5.82 Å². The highest BCUT2D eigenvalue weighted by Gasteiger charge is 2.19. The molecule has 0 saturated carbocycles. The lowest BCUT2D eigenvalue weighted by atomic mass is 10.2. The Morgan fingerprint density at radius 2 is 1.87 bits per heavy atom. The molecule has 0 aliphatic carbocycles. The van der Waals surface area contributed by atoms with Gasteiger partial charge in [-0.05, 0) is 49.6 Å². The lowest BCUT2D eigenvalue weighted by molar-refractivity contribution is 0.126. The lowest BCUT2D eigenvalue weighted by Gasteiger charge is -2.07. The van der Waals surface area contributed by atoms with Gasteiger partial charge in [0.25, 0.3) is 0 Å². The van der Waals surface area contributed by atoms with Crippen LogP contribution in [-0.2, 0) is 11.4 Å². The second-order valence-corrected chi connectivity index (χ2v) is 7.40. The van der Waals surface area contributed by atoms with E-state index in [4.69, 9.17) is 9.82 Å². The Balaban J connectivity index is 1.50. The molecule has 0 amide bonds. The van der Waals surface area contributed by atoms with E-state index >= 15 is 0 Å². The third kappa shape index (κ3) is 3.42. The van der Waals surface area contributed by atoms with Crippen molar-refractivity contribution in [1.29, 1.82) is 0 Å². The second kappa shape index (κ2) is 7.64. The average Bonchev–Trinajstić information content (AvgIpc) is 3.30. The maximum atomic E-state index is 5.40. The zero-order chi connectivity index (χ0) is 21.4. The first kappa shape index (κ1) is 18.9. The number of pyridine rings is 1. The summed E-state index contributed by atoms with van der Waals surface area (Å²) < 4.78 is 3.75. The number of fused-ring (bicyclic) bond motifs is 3. The molecule has 0 unspecified atom stereocenters. The molecule has 154 valence electrons. The summed E-state index contributed by atoms with van der Waals surface area (Å²) >= 11 is 0. The van der Waals surface area contributed by atoms with Crippen molar-refractivity contribution in [3.05, 3.63) is 83.2 Å². The van der Waals surface area contributed by atoms with Crippen LogP contribution >= 0.6 is 0 Å². The van der Waals surface area contributed by atoms with Crippen LogP contribution in [0.1, 0.15) is 28.2 Å². The second-order valence-electron chi connectivity index (χ2n) is 7.40. The molecule has 31 heavy (non-hydrogen) atoms. The van der Waals surface area contributed by atoms with Gasteiger partial charge in [-0.25, -0.2) is 19.5 Å². The summed E-state index contributed by atoms with van der Waals surface area (Å²) in [6, 6.07) is 13.8. The van der Waals surface area contributed by atoms with Gasteiger partial charge in [0.05, 0.1) is 11.6 Å². The van der Waals surface area contributed by atoms with Gasteiger partial charge in [-0.1, -0.05) is 35.5 Å². The van der Waals surface area contributed by atoms with Crippen molar-refractivity contribution >= 4 is 22.9 Å². The summed E-state index contributed by atoms with van der Waals surface area (Å²) in [5.74, 6) is 1.38. The van der Waals surface area contributed by atoms with E-state index in [1.54, 1.807) is 17.1 Å². The zero-order valence-corrected chi connectivity index (χ0v) is 17.5. The smallest absolute Gasteiger partial charge is 0.192 e. The Morgan fingerprint density at radius 3 is 2.68 bits per heavy atom. The molecule has 0 radical (unpaired) electrons. The van der Waals surface area contributed by atoms with Gasteiger partial charge in [-0.15, -0.1) is 5.10 Å². The fraction of sp³-hybridized carbons (Fsp3) is 0.174. The molecule has 5 rings (SSSR count). The monoisotopic (exact) mass is 411 g/mol. The fourth-order valence-corrected chi connectivity index (χ4v) is 3.62. The fourth-order valence-electron chi connectivity index (χ4n) is 3.62. The van der Waals surface area contributed by atoms with Crippen molar-refractivity contribution in [2.45, 2.75) is 27.4 Å². The summed E-state index contributed by atoms with van der Waals surface area (Å²) in [6.45, 7) is 6.36. The van der Waals surface area contributed by atoms with Gasteiger partial charge < -0.3 is 4.84 Å². The van der Waals surface area contributed by atoms with Crippen molar-refractivity contribution in [3.63, 3.8) is 0 Å². The first-order valence-corrected chi connectivity index (χ1v) is 9.97. The highest BCUT2D eigenvalue weighted by molar-refractivity contribution is 5.94. The van der Waals surface area contributed by atoms with Gasteiger partial charge in [-0.2, -0.15) is 0 Å². The number of aromatic nitrogens is 6. The Hall–Kier alpha value is -4.07. The largest absolute Gasteiger partial charge is 0.387 e. The van der Waals surface area contributed by atoms with Gasteiger partial charge in [0.1, 0.15) is 12.1 Å². The van der Waals surface area contributed by atoms with Crippen LogP contribution in [0.2, 0.25) is 0 Å². The van der Waals surface area contributed by atoms with E-state index in [1.165, 1.54) is 0 Å². The standard InChI is InChI=1S/C23H21N7O/c1-15-9-10-24-20(11-15)30-17(3)16(2)21-22(30)25-14-29-23(21)27-19(28-29)13-31-26-12-18-7-5-4-6-8-18/h4-12,14H,13H2,1-3H3/b26-12-. The topological polar surface area (TPSA) is 82.5 Å². The Morgan fingerprint density at radius 1 is 1.03 bits per heavy atom. The van der Waals surface area contributed by atoms with Crippen LogP contribution in [0.5, 0.6) is 0 Å². The molecule has 8 nitrogen and oxygen atoms in total. The first-order chi connectivity index (χ1) is 15.1. The highest BCUT2D eigenvalue weighted by atomic mass is 16.6. The van der Waals surface area contributed by atoms with Gasteiger partial charge in [0.2, 0.25) is 0 Å². The van der Waals surface area contributed by atoms with E-state index in [9.17, 15) is 0 Å². The van der Waals surface area contributed by atoms with E-state index in [0.717, 1.165) is 44.9 Å². The third-order valence-corrected chi connectivity index (χ3v) is 5.28. The van der Waals surface area contributed by atoms with Gasteiger partial charge in [0, 0.05) is 11.9 Å². The van der Waals surface area contributed by atoms with Crippen molar-refractivity contribution < 1.29 is 4.84 Å². The minimum absolute atomic E-state index is 0.171. The number of oxime groups is 1. The molecule has 0 aliphatic rings. The molecule has 4 aromatic heterocycles. The number of hydrogen-bond donors (Lipinski definition) is 0. The molecule has 5 aromatic rings. The minimum atomic E-state index is 0.171. The van der Waals surface area contributed by atoms with Crippen molar-refractivity contribution in [1.82, 2.24) is 29.1 Å². The Kier molecular flexibility index (Phi) is 4.66. The van der Waals surface area contributed by atoms with E-state index in [-0.39, 0.29) is 6.61 Å². The SMILES string of the molecule is Cc1ccnc(-n2c(C)c(C)c3c2ncn2nc(CO/N=C\c4ccccc4)nc32)c1. The van der Waals surface area contributed by atoms with E-state index in [0.29, 0.717) is 5.82 Å². The summed E-state index contributed by atoms with van der Waals surface area (Å²) in [4.78, 5) is 19.3. The third-order valence-electron chi connectivity index (χ3n) is 5.28. The number of rotatable bonds is 5. The van der Waals surface area contributed by atoms with E-state index in [2.05, 4.69) is 45.6 Å². The van der Waals surface area contributed by atoms with Crippen LogP contribution in [0.3, 0.4) is 0 Å². The summed E-state index contributed by atoms with van der Waals surface area (Å²) in [5, 5.41) is 9.46. The maximum Gasteiger partial charge on any atom is 0.192 e. The number of aryl methyl sites for hydroxylation is 2. The van der Waals surface area contributed by atoms with E-state index in [1.807, 2.05) is 48.7 Å². The molecule has 0 saturated heterocycles. The normalized spacial score (nSPS) is 11.7. The number of nitrogens with zero attached hydrogens (tertiary/aromatic N) is 7. The zero-order valence-electron chi connectivity index (χ0n) is 17.5. The van der Waals surface area contributed by atoms with Crippen molar-refractivity contribution in [2.24, 2.45) is 5.16 Å². The lowest BCUT2D eigenvalue weighted by Crippen LogP contribution is -2.01. The average molecular weight is 411 g/mol. The quantitative estimate of drug-likeness (QED) is 0.323. The van der Waals surface area contributed by atoms with E-state index < -0.39 is 0 Å². The van der Waals surface area contributed by atoms with Crippen LogP contribution < -0.4 is 0 Å². The maximum absolute atomic E-state index is 5.40.